The number of carbonyl (C=O) groups is 1. The average molecular weight is 480 g/mol. The maximum Gasteiger partial charge on any atom is 0.251 e. The summed E-state index contributed by atoms with van der Waals surface area (Å²) < 4.78 is 15.3. The van der Waals surface area contributed by atoms with Gasteiger partial charge in [0, 0.05) is 29.9 Å². The van der Waals surface area contributed by atoms with Gasteiger partial charge in [-0.05, 0) is 65.2 Å². The molecule has 0 saturated heterocycles. The molecule has 2 heterocycles. The molecule has 1 N–H and O–H groups in total. The molecule has 8 nitrogen and oxygen atoms in total. The SMILES string of the molecule is CC(C)Cc1nnnn1-c1cc(C(=O)NC(C)c2cnccn2)cc(-c2ccc(F)cc2Cl)c1. The Hall–Kier alpha value is -3.72. The van der Waals surface area contributed by atoms with Crippen molar-refractivity contribution in [2.24, 2.45) is 5.92 Å². The summed E-state index contributed by atoms with van der Waals surface area (Å²) in [5.74, 6) is 0.227. The minimum atomic E-state index is -0.444. The van der Waals surface area contributed by atoms with Crippen molar-refractivity contribution in [2.45, 2.75) is 33.2 Å². The number of tetrazole rings is 1. The Morgan fingerprint density at radius 1 is 1.15 bits per heavy atom. The summed E-state index contributed by atoms with van der Waals surface area (Å²) in [5.41, 5.74) is 2.81. The van der Waals surface area contributed by atoms with Gasteiger partial charge in [0.2, 0.25) is 0 Å². The summed E-state index contributed by atoms with van der Waals surface area (Å²) >= 11 is 6.33. The minimum absolute atomic E-state index is 0.232. The number of hydrogen-bond acceptors (Lipinski definition) is 6. The molecule has 4 aromatic rings. The van der Waals surface area contributed by atoms with Gasteiger partial charge in [-0.25, -0.2) is 4.39 Å². The molecule has 1 unspecified atom stereocenters. The van der Waals surface area contributed by atoms with Gasteiger partial charge in [0.1, 0.15) is 5.82 Å². The van der Waals surface area contributed by atoms with E-state index < -0.39 is 5.82 Å². The molecule has 0 aliphatic rings. The van der Waals surface area contributed by atoms with Gasteiger partial charge in [0.25, 0.3) is 5.91 Å². The van der Waals surface area contributed by atoms with Crippen molar-refractivity contribution >= 4 is 17.5 Å². The Bertz CT molecular complexity index is 1310. The summed E-state index contributed by atoms with van der Waals surface area (Å²) in [5, 5.41) is 15.3. The molecule has 10 heteroatoms. The monoisotopic (exact) mass is 479 g/mol. The second-order valence-electron chi connectivity index (χ2n) is 8.32. The summed E-state index contributed by atoms with van der Waals surface area (Å²) in [6.07, 6.45) is 5.40. The average Bonchev–Trinajstić information content (AvgIpc) is 3.26. The van der Waals surface area contributed by atoms with Crippen molar-refractivity contribution in [2.75, 3.05) is 0 Å². The molecule has 4 rings (SSSR count). The van der Waals surface area contributed by atoms with Gasteiger partial charge in [0.05, 0.1) is 28.6 Å². The lowest BCUT2D eigenvalue weighted by atomic mass is 10.0. The number of rotatable bonds is 7. The van der Waals surface area contributed by atoms with Crippen LogP contribution in [0.3, 0.4) is 0 Å². The Kier molecular flexibility index (Phi) is 6.93. The van der Waals surface area contributed by atoms with E-state index in [9.17, 15) is 9.18 Å². The molecule has 0 saturated carbocycles. The molecule has 0 aliphatic heterocycles. The van der Waals surface area contributed by atoms with E-state index >= 15 is 0 Å². The van der Waals surface area contributed by atoms with Crippen LogP contribution in [0.25, 0.3) is 16.8 Å². The highest BCUT2D eigenvalue weighted by atomic mass is 35.5. The number of nitrogens with zero attached hydrogens (tertiary/aromatic N) is 6. The molecular weight excluding hydrogens is 457 g/mol. The molecule has 0 radical (unpaired) electrons. The molecule has 2 aromatic heterocycles. The van der Waals surface area contributed by atoms with Crippen LogP contribution in [0, 0.1) is 11.7 Å². The van der Waals surface area contributed by atoms with E-state index in [0.29, 0.717) is 46.2 Å². The van der Waals surface area contributed by atoms with Crippen molar-refractivity contribution in [1.82, 2.24) is 35.5 Å². The molecular formula is C24H23ClFN7O. The van der Waals surface area contributed by atoms with Gasteiger partial charge >= 0.3 is 0 Å². The number of benzene rings is 2. The van der Waals surface area contributed by atoms with Crippen molar-refractivity contribution in [3.05, 3.63) is 82.9 Å². The number of nitrogens with one attached hydrogen (secondary N) is 1. The summed E-state index contributed by atoms with van der Waals surface area (Å²) in [7, 11) is 0. The molecule has 0 aliphatic carbocycles. The van der Waals surface area contributed by atoms with Crippen molar-refractivity contribution in [3.8, 4) is 16.8 Å². The first-order chi connectivity index (χ1) is 16.3. The third kappa shape index (κ3) is 5.26. The zero-order valence-electron chi connectivity index (χ0n) is 18.9. The standard InChI is InChI=1S/C24H23ClFN7O/c1-14(2)8-23-30-31-32-33(23)19-10-16(20-5-4-18(26)12-21(20)25)9-17(11-19)24(34)29-15(3)22-13-27-6-7-28-22/h4-7,9-15H,8H2,1-3H3,(H,29,34). The lowest BCUT2D eigenvalue weighted by molar-refractivity contribution is 0.0939. The Labute approximate surface area is 201 Å². The van der Waals surface area contributed by atoms with Gasteiger partial charge < -0.3 is 5.32 Å². The van der Waals surface area contributed by atoms with Gasteiger partial charge in [-0.15, -0.1) is 5.10 Å². The van der Waals surface area contributed by atoms with Crippen LogP contribution in [-0.2, 0) is 6.42 Å². The summed E-state index contributed by atoms with van der Waals surface area (Å²) in [6, 6.07) is 9.00. The fourth-order valence-corrected chi connectivity index (χ4v) is 3.81. The van der Waals surface area contributed by atoms with E-state index in [1.807, 2.05) is 13.0 Å². The second-order valence-corrected chi connectivity index (χ2v) is 8.73. The van der Waals surface area contributed by atoms with Crippen LogP contribution >= 0.6 is 11.6 Å². The van der Waals surface area contributed by atoms with E-state index in [1.54, 1.807) is 41.5 Å². The van der Waals surface area contributed by atoms with Crippen molar-refractivity contribution < 1.29 is 9.18 Å². The van der Waals surface area contributed by atoms with E-state index in [1.165, 1.54) is 12.1 Å². The molecule has 2 aromatic carbocycles. The van der Waals surface area contributed by atoms with Crippen LogP contribution in [0.2, 0.25) is 5.02 Å². The smallest absolute Gasteiger partial charge is 0.251 e. The first kappa shape index (κ1) is 23.4. The van der Waals surface area contributed by atoms with Crippen LogP contribution in [-0.4, -0.2) is 36.1 Å². The quantitative estimate of drug-likeness (QED) is 0.416. The summed E-state index contributed by atoms with van der Waals surface area (Å²) in [6.45, 7) is 5.96. The number of carbonyl (C=O) groups excluding carboxylic acids is 1. The predicted molar refractivity (Wildman–Crippen MR) is 126 cm³/mol. The van der Waals surface area contributed by atoms with Gasteiger partial charge in [-0.3, -0.25) is 14.8 Å². The predicted octanol–water partition coefficient (Wildman–Crippen LogP) is 4.60. The first-order valence-corrected chi connectivity index (χ1v) is 11.1. The lowest BCUT2D eigenvalue weighted by Crippen LogP contribution is -2.27. The lowest BCUT2D eigenvalue weighted by Gasteiger charge is -2.15. The molecule has 0 bridgehead atoms. The van der Waals surface area contributed by atoms with Crippen LogP contribution in [0.4, 0.5) is 4.39 Å². The number of hydrogen-bond donors (Lipinski definition) is 1. The van der Waals surface area contributed by atoms with Crippen LogP contribution in [0.15, 0.2) is 55.0 Å². The van der Waals surface area contributed by atoms with Gasteiger partial charge in [-0.2, -0.15) is 4.68 Å². The van der Waals surface area contributed by atoms with Gasteiger partial charge in [-0.1, -0.05) is 25.4 Å². The first-order valence-electron chi connectivity index (χ1n) is 10.8. The molecule has 1 atom stereocenters. The molecule has 34 heavy (non-hydrogen) atoms. The zero-order chi connectivity index (χ0) is 24.2. The van der Waals surface area contributed by atoms with Crippen LogP contribution in [0.5, 0.6) is 0 Å². The highest BCUT2D eigenvalue weighted by Gasteiger charge is 2.18. The van der Waals surface area contributed by atoms with Crippen LogP contribution < -0.4 is 5.32 Å². The molecule has 0 fully saturated rings. The second kappa shape index (κ2) is 10.0. The third-order valence-corrected chi connectivity index (χ3v) is 5.48. The highest BCUT2D eigenvalue weighted by Crippen LogP contribution is 2.31. The maximum atomic E-state index is 13.7. The zero-order valence-corrected chi connectivity index (χ0v) is 19.7. The van der Waals surface area contributed by atoms with Crippen molar-refractivity contribution in [3.63, 3.8) is 0 Å². The normalized spacial score (nSPS) is 12.1. The topological polar surface area (TPSA) is 98.5 Å². The summed E-state index contributed by atoms with van der Waals surface area (Å²) in [4.78, 5) is 21.5. The van der Waals surface area contributed by atoms with Crippen molar-refractivity contribution in [1.29, 1.82) is 0 Å². The number of amides is 1. The molecule has 1 amide bonds. The number of halogens is 2. The largest absolute Gasteiger partial charge is 0.344 e. The van der Waals surface area contributed by atoms with E-state index in [-0.39, 0.29) is 17.0 Å². The highest BCUT2D eigenvalue weighted by molar-refractivity contribution is 6.33. The fourth-order valence-electron chi connectivity index (χ4n) is 3.53. The molecule has 174 valence electrons. The minimum Gasteiger partial charge on any atom is -0.344 e. The fraction of sp³-hybridized carbons (Fsp3) is 0.250. The third-order valence-electron chi connectivity index (χ3n) is 5.17. The Morgan fingerprint density at radius 2 is 1.97 bits per heavy atom. The Morgan fingerprint density at radius 3 is 2.68 bits per heavy atom. The van der Waals surface area contributed by atoms with Gasteiger partial charge in [0.15, 0.2) is 5.82 Å². The Balaban J connectivity index is 1.77. The maximum absolute atomic E-state index is 13.7. The van der Waals surface area contributed by atoms with E-state index in [4.69, 9.17) is 11.6 Å². The molecule has 0 spiro atoms. The van der Waals surface area contributed by atoms with Crippen LogP contribution in [0.1, 0.15) is 48.7 Å². The van der Waals surface area contributed by atoms with E-state index in [2.05, 4.69) is 44.7 Å². The van der Waals surface area contributed by atoms with E-state index in [0.717, 1.165) is 0 Å². The number of aromatic nitrogens is 6.